The van der Waals surface area contributed by atoms with Crippen LogP contribution in [0.1, 0.15) is 47.0 Å². The zero-order valence-electron chi connectivity index (χ0n) is 9.35. The van der Waals surface area contributed by atoms with Gasteiger partial charge in [0.05, 0.1) is 0 Å². The van der Waals surface area contributed by atoms with E-state index in [0.717, 1.165) is 26.1 Å². The van der Waals surface area contributed by atoms with Gasteiger partial charge in [0.1, 0.15) is 5.78 Å². The van der Waals surface area contributed by atoms with Crippen LogP contribution in [-0.4, -0.2) is 19.0 Å². The molecule has 0 aromatic carbocycles. The lowest BCUT2D eigenvalue weighted by Gasteiger charge is -2.16. The van der Waals surface area contributed by atoms with Crippen LogP contribution in [0.5, 0.6) is 0 Å². The molecule has 0 atom stereocenters. The van der Waals surface area contributed by atoms with Crippen molar-refractivity contribution in [2.45, 2.75) is 47.0 Å². The Bertz CT molecular complexity index is 145. The van der Waals surface area contributed by atoms with E-state index in [-0.39, 0.29) is 5.41 Å². The molecule has 0 aliphatic carbocycles. The van der Waals surface area contributed by atoms with Gasteiger partial charge >= 0.3 is 0 Å². The number of ether oxygens (including phenoxy) is 1. The summed E-state index contributed by atoms with van der Waals surface area (Å²) in [5.74, 6) is 0.326. The van der Waals surface area contributed by atoms with Gasteiger partial charge in [-0.3, -0.25) is 4.79 Å². The molecule has 2 heteroatoms. The topological polar surface area (TPSA) is 26.3 Å². The van der Waals surface area contributed by atoms with Crippen molar-refractivity contribution in [3.63, 3.8) is 0 Å². The van der Waals surface area contributed by atoms with Gasteiger partial charge in [-0.2, -0.15) is 0 Å². The van der Waals surface area contributed by atoms with Gasteiger partial charge in [-0.05, 0) is 12.8 Å². The second-order valence-corrected chi connectivity index (χ2v) is 4.39. The Kier molecular flexibility index (Phi) is 5.97. The van der Waals surface area contributed by atoms with Crippen molar-refractivity contribution < 1.29 is 9.53 Å². The normalized spacial score (nSPS) is 11.7. The molecule has 0 aromatic rings. The van der Waals surface area contributed by atoms with Gasteiger partial charge in [-0.25, -0.2) is 0 Å². The molecule has 0 N–H and O–H groups in total. The van der Waals surface area contributed by atoms with Crippen LogP contribution in [0, 0.1) is 5.41 Å². The number of hydrogen-bond acceptors (Lipinski definition) is 2. The summed E-state index contributed by atoms with van der Waals surface area (Å²) in [6, 6.07) is 0. The Hall–Kier alpha value is -0.370. The molecule has 0 radical (unpaired) electrons. The van der Waals surface area contributed by atoms with Crippen LogP contribution in [0.3, 0.4) is 0 Å². The number of carbonyl (C=O) groups excluding carboxylic acids is 1. The van der Waals surface area contributed by atoms with Crippen LogP contribution < -0.4 is 0 Å². The van der Waals surface area contributed by atoms with E-state index in [1.54, 1.807) is 0 Å². The highest BCUT2D eigenvalue weighted by molar-refractivity contribution is 5.83. The molecule has 13 heavy (non-hydrogen) atoms. The predicted molar refractivity (Wildman–Crippen MR) is 54.8 cm³/mol. The molecular weight excluding hydrogens is 164 g/mol. The molecule has 0 heterocycles. The van der Waals surface area contributed by atoms with Gasteiger partial charge in [0, 0.05) is 25.0 Å². The molecule has 2 nitrogen and oxygen atoms in total. The van der Waals surface area contributed by atoms with Crippen molar-refractivity contribution in [1.82, 2.24) is 0 Å². The standard InChI is InChI=1S/C11H22O2/c1-5-8-13-9-6-7-10(12)11(2,3)4/h5-9H2,1-4H3. The minimum atomic E-state index is -0.190. The van der Waals surface area contributed by atoms with E-state index in [4.69, 9.17) is 4.74 Å². The number of hydrogen-bond donors (Lipinski definition) is 0. The van der Waals surface area contributed by atoms with E-state index in [1.807, 2.05) is 20.8 Å². The second kappa shape index (κ2) is 6.14. The Morgan fingerprint density at radius 1 is 1.23 bits per heavy atom. The fourth-order valence-electron chi connectivity index (χ4n) is 0.956. The average Bonchev–Trinajstić information content (AvgIpc) is 2.02. The summed E-state index contributed by atoms with van der Waals surface area (Å²) in [5, 5.41) is 0. The summed E-state index contributed by atoms with van der Waals surface area (Å²) in [5.41, 5.74) is -0.190. The first kappa shape index (κ1) is 12.6. The molecule has 0 amide bonds. The van der Waals surface area contributed by atoms with Crippen molar-refractivity contribution >= 4 is 5.78 Å². The lowest BCUT2D eigenvalue weighted by molar-refractivity contribution is -0.126. The third-order valence-electron chi connectivity index (χ3n) is 1.88. The quantitative estimate of drug-likeness (QED) is 0.596. The molecule has 78 valence electrons. The van der Waals surface area contributed by atoms with E-state index >= 15 is 0 Å². The molecule has 0 rings (SSSR count). The summed E-state index contributed by atoms with van der Waals surface area (Å²) in [6.45, 7) is 9.49. The Balaban J connectivity index is 3.38. The van der Waals surface area contributed by atoms with E-state index in [2.05, 4.69) is 6.92 Å². The number of Topliss-reactive ketones (excluding diaryl/α,β-unsaturated/α-hetero) is 1. The smallest absolute Gasteiger partial charge is 0.138 e. The maximum Gasteiger partial charge on any atom is 0.138 e. The zero-order valence-corrected chi connectivity index (χ0v) is 9.35. The predicted octanol–water partition coefficient (Wildman–Crippen LogP) is 2.81. The molecule has 0 saturated carbocycles. The van der Waals surface area contributed by atoms with Crippen LogP contribution in [0.4, 0.5) is 0 Å². The van der Waals surface area contributed by atoms with Crippen molar-refractivity contribution in [3.8, 4) is 0 Å². The minimum Gasteiger partial charge on any atom is -0.381 e. The molecule has 0 aliphatic rings. The van der Waals surface area contributed by atoms with Crippen LogP contribution in [0.2, 0.25) is 0 Å². The van der Waals surface area contributed by atoms with Crippen LogP contribution in [0.15, 0.2) is 0 Å². The summed E-state index contributed by atoms with van der Waals surface area (Å²) in [4.78, 5) is 11.4. The first-order valence-corrected chi connectivity index (χ1v) is 5.09. The van der Waals surface area contributed by atoms with E-state index in [1.165, 1.54) is 0 Å². The molecule has 0 unspecified atom stereocenters. The Labute approximate surface area is 81.7 Å². The zero-order chi connectivity index (χ0) is 10.3. The third kappa shape index (κ3) is 6.76. The van der Waals surface area contributed by atoms with Gasteiger partial charge in [-0.15, -0.1) is 0 Å². The van der Waals surface area contributed by atoms with Gasteiger partial charge in [0.15, 0.2) is 0 Å². The van der Waals surface area contributed by atoms with E-state index < -0.39 is 0 Å². The lowest BCUT2D eigenvalue weighted by Crippen LogP contribution is -2.20. The lowest BCUT2D eigenvalue weighted by atomic mass is 9.88. The molecule has 0 spiro atoms. The van der Waals surface area contributed by atoms with Crippen molar-refractivity contribution in [3.05, 3.63) is 0 Å². The van der Waals surface area contributed by atoms with Gasteiger partial charge in [0.2, 0.25) is 0 Å². The van der Waals surface area contributed by atoms with Crippen molar-refractivity contribution in [2.75, 3.05) is 13.2 Å². The SMILES string of the molecule is CCCOCCCC(=O)C(C)(C)C. The van der Waals surface area contributed by atoms with Gasteiger partial charge < -0.3 is 4.74 Å². The molecule has 0 bridgehead atoms. The fourth-order valence-corrected chi connectivity index (χ4v) is 0.956. The number of rotatable bonds is 6. The second-order valence-electron chi connectivity index (χ2n) is 4.39. The van der Waals surface area contributed by atoms with E-state index in [0.29, 0.717) is 12.2 Å². The summed E-state index contributed by atoms with van der Waals surface area (Å²) < 4.78 is 5.29. The molecular formula is C11H22O2. The van der Waals surface area contributed by atoms with Crippen LogP contribution in [0.25, 0.3) is 0 Å². The van der Waals surface area contributed by atoms with Gasteiger partial charge in [0.25, 0.3) is 0 Å². The summed E-state index contributed by atoms with van der Waals surface area (Å²) >= 11 is 0. The summed E-state index contributed by atoms with van der Waals surface area (Å²) in [7, 11) is 0. The van der Waals surface area contributed by atoms with Crippen molar-refractivity contribution in [1.29, 1.82) is 0 Å². The largest absolute Gasteiger partial charge is 0.381 e. The van der Waals surface area contributed by atoms with Gasteiger partial charge in [-0.1, -0.05) is 27.7 Å². The highest BCUT2D eigenvalue weighted by Crippen LogP contribution is 2.17. The van der Waals surface area contributed by atoms with Crippen LogP contribution >= 0.6 is 0 Å². The monoisotopic (exact) mass is 186 g/mol. The maximum atomic E-state index is 11.4. The fraction of sp³-hybridized carbons (Fsp3) is 0.909. The molecule has 0 aromatic heterocycles. The maximum absolute atomic E-state index is 11.4. The van der Waals surface area contributed by atoms with E-state index in [9.17, 15) is 4.79 Å². The third-order valence-corrected chi connectivity index (χ3v) is 1.88. The number of ketones is 1. The van der Waals surface area contributed by atoms with Crippen LogP contribution in [-0.2, 0) is 9.53 Å². The minimum absolute atomic E-state index is 0.190. The highest BCUT2D eigenvalue weighted by Gasteiger charge is 2.19. The first-order valence-electron chi connectivity index (χ1n) is 5.09. The highest BCUT2D eigenvalue weighted by atomic mass is 16.5. The first-order chi connectivity index (χ1) is 5.98. The average molecular weight is 186 g/mol. The Morgan fingerprint density at radius 2 is 1.85 bits per heavy atom. The Morgan fingerprint density at radius 3 is 2.31 bits per heavy atom. The molecule has 0 fully saturated rings. The summed E-state index contributed by atoms with van der Waals surface area (Å²) in [6.07, 6.45) is 2.55. The molecule has 0 saturated heterocycles. The molecule has 0 aliphatic heterocycles. The van der Waals surface area contributed by atoms with Crippen molar-refractivity contribution in [2.24, 2.45) is 5.41 Å². The number of carbonyl (C=O) groups is 1.